The van der Waals surface area contributed by atoms with Gasteiger partial charge in [0.15, 0.2) is 5.82 Å². The number of hydrogen-bond donors (Lipinski definition) is 1. The fourth-order valence-corrected chi connectivity index (χ4v) is 2.53. The molecule has 0 spiro atoms. The minimum Gasteiger partial charge on any atom is -0.506 e. The first-order chi connectivity index (χ1) is 14.2. The van der Waals surface area contributed by atoms with E-state index < -0.39 is 56.5 Å². The van der Waals surface area contributed by atoms with Crippen molar-refractivity contribution in [1.29, 1.82) is 0 Å². The molecule has 0 saturated carbocycles. The van der Waals surface area contributed by atoms with Crippen LogP contribution in [0.3, 0.4) is 0 Å². The van der Waals surface area contributed by atoms with Gasteiger partial charge >= 0.3 is 11.7 Å². The molecular weight excluding hydrogens is 405 g/mol. The van der Waals surface area contributed by atoms with Crippen molar-refractivity contribution in [2.75, 3.05) is 6.61 Å². The second-order valence-corrected chi connectivity index (χ2v) is 5.99. The Bertz CT molecular complexity index is 1040. The minimum absolute atomic E-state index is 0.0540. The third-order valence-electron chi connectivity index (χ3n) is 4.02. The summed E-state index contributed by atoms with van der Waals surface area (Å²) in [6.45, 7) is 2.21. The third kappa shape index (κ3) is 4.65. The van der Waals surface area contributed by atoms with Gasteiger partial charge in [0.25, 0.3) is 0 Å². The van der Waals surface area contributed by atoms with Crippen LogP contribution >= 0.6 is 0 Å². The number of halogens is 3. The number of carbonyl (C=O) groups excluding carboxylic acids is 1. The maximum atomic E-state index is 14.6. The third-order valence-corrected chi connectivity index (χ3v) is 4.02. The van der Waals surface area contributed by atoms with Crippen molar-refractivity contribution in [2.45, 2.75) is 20.4 Å². The highest BCUT2D eigenvalue weighted by Gasteiger charge is 2.35. The lowest BCUT2D eigenvalue weighted by atomic mass is 10.0. The summed E-state index contributed by atoms with van der Waals surface area (Å²) < 4.78 is 47.3. The summed E-state index contributed by atoms with van der Waals surface area (Å²) in [4.78, 5) is 26.0. The summed E-state index contributed by atoms with van der Waals surface area (Å²) in [7, 11) is 0. The Labute approximate surface area is 169 Å². The molecular formula is C20H17F3N2O5. The average Bonchev–Trinajstić information content (AvgIpc) is 2.72. The fourth-order valence-electron chi connectivity index (χ4n) is 2.53. The maximum Gasteiger partial charge on any atom is 0.343 e. The summed E-state index contributed by atoms with van der Waals surface area (Å²) >= 11 is 0. The van der Waals surface area contributed by atoms with Crippen LogP contribution in [-0.2, 0) is 16.1 Å². The Balaban J connectivity index is 2.68. The molecule has 0 heterocycles. The van der Waals surface area contributed by atoms with Gasteiger partial charge in [0.05, 0.1) is 18.1 Å². The van der Waals surface area contributed by atoms with E-state index >= 15 is 0 Å². The number of nitrogens with zero attached hydrogens (tertiary/aromatic N) is 2. The van der Waals surface area contributed by atoms with Crippen molar-refractivity contribution in [1.82, 2.24) is 0 Å². The van der Waals surface area contributed by atoms with E-state index in [0.717, 1.165) is 18.7 Å². The van der Waals surface area contributed by atoms with E-state index in [1.165, 1.54) is 6.92 Å². The molecule has 0 aromatic heterocycles. The minimum atomic E-state index is -1.97. The van der Waals surface area contributed by atoms with Gasteiger partial charge in [-0.15, -0.1) is 0 Å². The van der Waals surface area contributed by atoms with Gasteiger partial charge in [-0.05, 0) is 19.4 Å². The molecule has 2 rings (SSSR count). The van der Waals surface area contributed by atoms with E-state index in [2.05, 4.69) is 4.99 Å². The van der Waals surface area contributed by atoms with Crippen LogP contribution in [-0.4, -0.2) is 28.8 Å². The molecule has 1 N–H and O–H groups in total. The predicted octanol–water partition coefficient (Wildman–Crippen LogP) is 4.42. The monoisotopic (exact) mass is 422 g/mol. The Morgan fingerprint density at radius 1 is 1.20 bits per heavy atom. The summed E-state index contributed by atoms with van der Waals surface area (Å²) in [5, 5.41) is 21.7. The quantitative estimate of drug-likeness (QED) is 0.135. The second kappa shape index (κ2) is 9.68. The second-order valence-electron chi connectivity index (χ2n) is 5.99. The normalized spacial score (nSPS) is 12.0. The molecule has 0 atom stereocenters. The van der Waals surface area contributed by atoms with Gasteiger partial charge in [-0.25, -0.2) is 13.6 Å². The summed E-state index contributed by atoms with van der Waals surface area (Å²) in [6, 6.07) is 8.72. The van der Waals surface area contributed by atoms with Crippen molar-refractivity contribution in [3.63, 3.8) is 0 Å². The van der Waals surface area contributed by atoms with Crippen molar-refractivity contribution >= 4 is 23.6 Å². The maximum absolute atomic E-state index is 14.6. The van der Waals surface area contributed by atoms with Crippen LogP contribution in [0.25, 0.3) is 5.76 Å². The van der Waals surface area contributed by atoms with Crippen molar-refractivity contribution in [3.05, 3.63) is 80.2 Å². The molecule has 2 aromatic carbocycles. The van der Waals surface area contributed by atoms with Gasteiger partial charge in [0.1, 0.15) is 22.7 Å². The van der Waals surface area contributed by atoms with E-state index in [-0.39, 0.29) is 13.2 Å². The van der Waals surface area contributed by atoms with Crippen LogP contribution in [0.15, 0.2) is 40.9 Å². The number of aliphatic imine (C=N–C) groups is 1. The van der Waals surface area contributed by atoms with Gasteiger partial charge in [-0.1, -0.05) is 30.3 Å². The molecule has 0 fully saturated rings. The number of carbonyl (C=O) groups is 1. The van der Waals surface area contributed by atoms with Gasteiger partial charge in [-0.2, -0.15) is 4.39 Å². The van der Waals surface area contributed by atoms with Crippen molar-refractivity contribution in [3.8, 4) is 0 Å². The molecule has 30 heavy (non-hydrogen) atoms. The molecule has 0 aliphatic heterocycles. The van der Waals surface area contributed by atoms with Crippen molar-refractivity contribution < 1.29 is 32.7 Å². The number of benzene rings is 2. The van der Waals surface area contributed by atoms with E-state index in [1.54, 1.807) is 30.3 Å². The molecule has 158 valence electrons. The number of esters is 1. The molecule has 0 amide bonds. The fraction of sp³-hybridized carbons (Fsp3) is 0.200. The summed E-state index contributed by atoms with van der Waals surface area (Å²) in [5.74, 6) is -7.80. The Morgan fingerprint density at radius 2 is 1.83 bits per heavy atom. The first-order valence-corrected chi connectivity index (χ1v) is 8.66. The summed E-state index contributed by atoms with van der Waals surface area (Å²) in [6.07, 6.45) is 0.833. The highest BCUT2D eigenvalue weighted by Crippen LogP contribution is 2.35. The molecule has 7 nitrogen and oxygen atoms in total. The van der Waals surface area contributed by atoms with Gasteiger partial charge in [-0.3, -0.25) is 15.1 Å². The van der Waals surface area contributed by atoms with E-state index in [0.29, 0.717) is 0 Å². The zero-order valence-electron chi connectivity index (χ0n) is 16.0. The number of nitro groups is 1. The zero-order valence-corrected chi connectivity index (χ0v) is 16.0. The standard InChI is InChI=1S/C20H17F3N2O5/c1-3-30-20(27)13(10-24-9-12-7-5-4-6-8-12)19(26)14-15(21)11(2)16(22)17(23)18(14)25(28)29/h4-8,10,26H,3,9H2,1-2H3. The van der Waals surface area contributed by atoms with Crippen LogP contribution in [0.2, 0.25) is 0 Å². The molecule has 0 radical (unpaired) electrons. The lowest BCUT2D eigenvalue weighted by molar-refractivity contribution is -0.388. The van der Waals surface area contributed by atoms with Gasteiger partial charge in [0, 0.05) is 11.8 Å². The number of aliphatic hydroxyl groups excluding tert-OH is 1. The number of aliphatic hydroxyl groups is 1. The lowest BCUT2D eigenvalue weighted by Crippen LogP contribution is -2.14. The molecule has 0 bridgehead atoms. The largest absolute Gasteiger partial charge is 0.506 e. The van der Waals surface area contributed by atoms with Crippen LogP contribution in [0.4, 0.5) is 18.9 Å². The van der Waals surface area contributed by atoms with Crippen LogP contribution in [0, 0.1) is 34.5 Å². The molecule has 0 aliphatic rings. The number of ether oxygens (including phenoxy) is 1. The zero-order chi connectivity index (χ0) is 22.4. The Kier molecular flexibility index (Phi) is 7.29. The number of hydrogen-bond acceptors (Lipinski definition) is 6. The topological polar surface area (TPSA) is 102 Å². The average molecular weight is 422 g/mol. The van der Waals surface area contributed by atoms with E-state index in [9.17, 15) is 33.2 Å². The van der Waals surface area contributed by atoms with Crippen LogP contribution < -0.4 is 0 Å². The molecule has 2 aromatic rings. The highest BCUT2D eigenvalue weighted by atomic mass is 19.2. The first kappa shape index (κ1) is 22.6. The Hall–Kier alpha value is -3.69. The SMILES string of the molecule is CCOC(=O)C(C=NCc1ccccc1)=C(O)c1c(F)c(C)c(F)c(F)c1[N+](=O)[O-]. The molecule has 0 saturated heterocycles. The van der Waals surface area contributed by atoms with Crippen LogP contribution in [0.5, 0.6) is 0 Å². The van der Waals surface area contributed by atoms with E-state index in [4.69, 9.17) is 4.74 Å². The van der Waals surface area contributed by atoms with Gasteiger partial charge in [0.2, 0.25) is 5.82 Å². The first-order valence-electron chi connectivity index (χ1n) is 8.66. The van der Waals surface area contributed by atoms with Gasteiger partial charge < -0.3 is 9.84 Å². The van der Waals surface area contributed by atoms with Crippen LogP contribution in [0.1, 0.15) is 23.6 Å². The molecule has 0 aliphatic carbocycles. The summed E-state index contributed by atoms with van der Waals surface area (Å²) in [5.41, 5.74) is -3.83. The lowest BCUT2D eigenvalue weighted by Gasteiger charge is -2.11. The van der Waals surface area contributed by atoms with E-state index in [1.807, 2.05) is 0 Å². The predicted molar refractivity (Wildman–Crippen MR) is 103 cm³/mol. The Morgan fingerprint density at radius 3 is 2.40 bits per heavy atom. The number of nitro benzene ring substituents is 1. The highest BCUT2D eigenvalue weighted by molar-refractivity contribution is 6.15. The number of rotatable bonds is 7. The molecule has 10 heteroatoms. The van der Waals surface area contributed by atoms with Crippen molar-refractivity contribution in [2.24, 2.45) is 4.99 Å². The molecule has 0 unspecified atom stereocenters. The smallest absolute Gasteiger partial charge is 0.343 e.